The van der Waals surface area contributed by atoms with E-state index in [4.69, 9.17) is 23.1 Å². The van der Waals surface area contributed by atoms with E-state index in [1.165, 1.54) is 12.1 Å². The Bertz CT molecular complexity index is 752. The fraction of sp³-hybridized carbons (Fsp3) is 0. The van der Waals surface area contributed by atoms with Crippen LogP contribution in [0.2, 0.25) is 5.28 Å². The van der Waals surface area contributed by atoms with Gasteiger partial charge in [-0.15, -0.1) is 0 Å². The van der Waals surface area contributed by atoms with Crippen LogP contribution in [0.5, 0.6) is 0 Å². The van der Waals surface area contributed by atoms with Gasteiger partial charge in [-0.2, -0.15) is 15.0 Å². The Morgan fingerprint density at radius 2 is 1.86 bits per heavy atom. The maximum atomic E-state index is 10.9. The van der Waals surface area contributed by atoms with Crippen molar-refractivity contribution in [1.82, 2.24) is 15.0 Å². The van der Waals surface area contributed by atoms with E-state index in [0.29, 0.717) is 5.69 Å². The summed E-state index contributed by atoms with van der Waals surface area (Å²) in [7, 11) is -4.62. The Balaban J connectivity index is 0.00000220. The number of hydrogen-bond donors (Lipinski definition) is 3. The van der Waals surface area contributed by atoms with Gasteiger partial charge in [0.1, 0.15) is 10.1 Å². The maximum Gasteiger partial charge on any atom is 1.00 e. The molecule has 0 radical (unpaired) electrons. The minimum atomic E-state index is -4.62. The van der Waals surface area contributed by atoms with E-state index >= 15 is 0 Å². The third kappa shape index (κ3) is 4.66. The van der Waals surface area contributed by atoms with Crippen LogP contribution in [0.3, 0.4) is 0 Å². The van der Waals surface area contributed by atoms with Gasteiger partial charge < -0.3 is 21.3 Å². The van der Waals surface area contributed by atoms with E-state index in [2.05, 4.69) is 20.3 Å². The number of aromatic nitrogens is 3. The first-order chi connectivity index (χ1) is 9.25. The summed E-state index contributed by atoms with van der Waals surface area (Å²) in [6.07, 6.45) is 0. The van der Waals surface area contributed by atoms with Crippen LogP contribution in [0.15, 0.2) is 23.1 Å². The first-order valence-electron chi connectivity index (χ1n) is 5.05. The van der Waals surface area contributed by atoms with Crippen molar-refractivity contribution in [2.24, 2.45) is 0 Å². The van der Waals surface area contributed by atoms with Gasteiger partial charge in [0, 0.05) is 5.69 Å². The summed E-state index contributed by atoms with van der Waals surface area (Å²) in [6, 6.07) is 3.65. The molecule has 0 bridgehead atoms. The zero-order valence-corrected chi connectivity index (χ0v) is 14.3. The number of nitrogens with zero attached hydrogens (tertiary/aromatic N) is 3. The minimum absolute atomic E-state index is 0. The average molecular weight is 339 g/mol. The van der Waals surface area contributed by atoms with E-state index < -0.39 is 15.0 Å². The molecular formula is C9H8ClN6NaO3S. The number of hydrogen-bond acceptors (Lipinski definition) is 9. The summed E-state index contributed by atoms with van der Waals surface area (Å²) in [5.41, 5.74) is 11.1. The molecule has 1 aromatic carbocycles. The molecule has 0 saturated heterocycles. The Labute approximate surface area is 147 Å². The van der Waals surface area contributed by atoms with Crippen LogP contribution in [-0.4, -0.2) is 27.9 Å². The largest absolute Gasteiger partial charge is 1.00 e. The molecule has 0 unspecified atom stereocenters. The van der Waals surface area contributed by atoms with Gasteiger partial charge in [-0.3, -0.25) is 0 Å². The third-order valence-electron chi connectivity index (χ3n) is 2.16. The van der Waals surface area contributed by atoms with Gasteiger partial charge in [0.15, 0.2) is 0 Å². The summed E-state index contributed by atoms with van der Waals surface area (Å²) in [5, 5.41) is 2.60. The van der Waals surface area contributed by atoms with Gasteiger partial charge in [0.2, 0.25) is 17.2 Å². The summed E-state index contributed by atoms with van der Waals surface area (Å²) in [6.45, 7) is 0. The predicted molar refractivity (Wildman–Crippen MR) is 71.3 cm³/mol. The molecule has 5 N–H and O–H groups in total. The van der Waals surface area contributed by atoms with E-state index in [1.54, 1.807) is 0 Å². The van der Waals surface area contributed by atoms with Crippen molar-refractivity contribution in [3.63, 3.8) is 0 Å². The number of nitrogens with two attached hydrogens (primary N) is 2. The molecule has 2 rings (SSSR count). The smallest absolute Gasteiger partial charge is 0.744 e. The Morgan fingerprint density at radius 3 is 2.38 bits per heavy atom. The predicted octanol–water partition coefficient (Wildman–Crippen LogP) is -2.66. The molecule has 106 valence electrons. The monoisotopic (exact) mass is 338 g/mol. The summed E-state index contributed by atoms with van der Waals surface area (Å²) >= 11 is 5.61. The normalized spacial score (nSPS) is 10.8. The van der Waals surface area contributed by atoms with E-state index in [-0.39, 0.29) is 52.4 Å². The molecule has 1 aromatic heterocycles. The summed E-state index contributed by atoms with van der Waals surface area (Å²) < 4.78 is 32.7. The quantitative estimate of drug-likeness (QED) is 0.308. The number of anilines is 4. The standard InChI is InChI=1S/C9H9ClN6O3S.Na/c10-7-14-8(12)16-9(15-7)13-4-1-2-6(5(11)3-4)20(17,18)19;/h1-3H,11H2,(H,17,18,19)(H3,12,13,14,15,16);/q;+1/p-1. The van der Waals surface area contributed by atoms with Crippen LogP contribution in [-0.2, 0) is 10.1 Å². The molecule has 1 heterocycles. The van der Waals surface area contributed by atoms with Crippen LogP contribution in [0.25, 0.3) is 0 Å². The van der Waals surface area contributed by atoms with E-state index in [9.17, 15) is 13.0 Å². The van der Waals surface area contributed by atoms with Gasteiger partial charge in [-0.1, -0.05) is 0 Å². The van der Waals surface area contributed by atoms with Crippen molar-refractivity contribution in [3.8, 4) is 0 Å². The molecule has 12 heteroatoms. The zero-order valence-electron chi connectivity index (χ0n) is 10.7. The van der Waals surface area contributed by atoms with Crippen molar-refractivity contribution in [3.05, 3.63) is 23.5 Å². The van der Waals surface area contributed by atoms with Crippen molar-refractivity contribution < 1.29 is 42.5 Å². The molecule has 0 amide bonds. The van der Waals surface area contributed by atoms with Crippen LogP contribution >= 0.6 is 11.6 Å². The van der Waals surface area contributed by atoms with E-state index in [1.807, 2.05) is 0 Å². The fourth-order valence-corrected chi connectivity index (χ4v) is 2.15. The van der Waals surface area contributed by atoms with Gasteiger partial charge in [-0.25, -0.2) is 8.42 Å². The van der Waals surface area contributed by atoms with Crippen molar-refractivity contribution in [2.75, 3.05) is 16.8 Å². The number of nitrogens with one attached hydrogen (secondary N) is 1. The zero-order chi connectivity index (χ0) is 14.9. The SMILES string of the molecule is Nc1nc(Cl)nc(Nc2ccc(S(=O)(=O)[O-])c(N)c2)n1.[Na+]. The molecule has 0 aliphatic rings. The van der Waals surface area contributed by atoms with Gasteiger partial charge >= 0.3 is 29.6 Å². The molecule has 0 spiro atoms. The molecule has 9 nitrogen and oxygen atoms in total. The second-order valence-corrected chi connectivity index (χ2v) is 5.30. The van der Waals surface area contributed by atoms with Crippen LogP contribution in [0, 0.1) is 0 Å². The molecule has 21 heavy (non-hydrogen) atoms. The van der Waals surface area contributed by atoms with Crippen molar-refractivity contribution in [1.29, 1.82) is 0 Å². The first-order valence-corrected chi connectivity index (χ1v) is 6.84. The minimum Gasteiger partial charge on any atom is -0.744 e. The molecular weight excluding hydrogens is 331 g/mol. The number of benzene rings is 1. The molecule has 0 aliphatic heterocycles. The van der Waals surface area contributed by atoms with E-state index in [0.717, 1.165) is 6.07 Å². The molecule has 0 saturated carbocycles. The molecule has 0 aliphatic carbocycles. The summed E-state index contributed by atoms with van der Waals surface area (Å²) in [5.74, 6) is -0.0288. The second-order valence-electron chi connectivity index (χ2n) is 3.62. The number of halogens is 1. The third-order valence-corrected chi connectivity index (χ3v) is 3.24. The van der Waals surface area contributed by atoms with Crippen LogP contribution in [0.1, 0.15) is 0 Å². The summed E-state index contributed by atoms with van der Waals surface area (Å²) in [4.78, 5) is 10.6. The molecule has 0 fully saturated rings. The maximum absolute atomic E-state index is 10.9. The average Bonchev–Trinajstić information content (AvgIpc) is 2.25. The number of nitrogen functional groups attached to an aromatic ring is 2. The van der Waals surface area contributed by atoms with Crippen LogP contribution < -0.4 is 46.3 Å². The Morgan fingerprint density at radius 1 is 1.19 bits per heavy atom. The van der Waals surface area contributed by atoms with Crippen molar-refractivity contribution in [2.45, 2.75) is 4.90 Å². The van der Waals surface area contributed by atoms with Gasteiger partial charge in [0.25, 0.3) is 0 Å². The van der Waals surface area contributed by atoms with Gasteiger partial charge in [-0.05, 0) is 29.8 Å². The van der Waals surface area contributed by atoms with Crippen molar-refractivity contribution >= 4 is 45.0 Å². The topological polar surface area (TPSA) is 160 Å². The van der Waals surface area contributed by atoms with Gasteiger partial charge in [0.05, 0.1) is 10.6 Å². The molecule has 0 atom stereocenters. The fourth-order valence-electron chi connectivity index (χ4n) is 1.40. The number of rotatable bonds is 3. The Kier molecular flexibility index (Phi) is 5.73. The second kappa shape index (κ2) is 6.73. The first kappa shape index (κ1) is 17.9. The van der Waals surface area contributed by atoms with Crippen LogP contribution in [0.4, 0.5) is 23.3 Å². The molecule has 2 aromatic rings. The Hall–Kier alpha value is -1.17.